The van der Waals surface area contributed by atoms with Crippen molar-refractivity contribution in [3.63, 3.8) is 0 Å². The van der Waals surface area contributed by atoms with E-state index >= 15 is 0 Å². The van der Waals surface area contributed by atoms with Crippen LogP contribution in [0.5, 0.6) is 0 Å². The summed E-state index contributed by atoms with van der Waals surface area (Å²) in [7, 11) is 0. The number of aromatic carboxylic acids is 1. The lowest BCUT2D eigenvalue weighted by Gasteiger charge is -2.19. The van der Waals surface area contributed by atoms with Crippen LogP contribution in [0.3, 0.4) is 0 Å². The van der Waals surface area contributed by atoms with Crippen molar-refractivity contribution in [2.45, 2.75) is 26.4 Å². The van der Waals surface area contributed by atoms with Gasteiger partial charge in [-0.1, -0.05) is 12.1 Å². The Kier molecular flexibility index (Phi) is 4.64. The Hall–Kier alpha value is -2.89. The number of benzene rings is 1. The number of aromatic nitrogens is 1. The summed E-state index contributed by atoms with van der Waals surface area (Å²) in [5.41, 5.74) is 1.49. The summed E-state index contributed by atoms with van der Waals surface area (Å²) in [5.74, 6) is -1.00. The standard InChI is InChI=1S/C17H18N2O4/c1-17(2,3)23-16(22)19-13-6-4-11(5-7-13)14-10-12(15(20)21)8-9-18-14/h4-10H,1-3H3,(H,19,22)(H,20,21). The number of amides is 1. The van der Waals surface area contributed by atoms with Crippen molar-refractivity contribution in [3.8, 4) is 11.3 Å². The highest BCUT2D eigenvalue weighted by molar-refractivity contribution is 5.89. The zero-order valence-corrected chi connectivity index (χ0v) is 13.2. The number of carbonyl (C=O) groups excluding carboxylic acids is 1. The van der Waals surface area contributed by atoms with Crippen molar-refractivity contribution in [1.82, 2.24) is 4.98 Å². The molecule has 0 atom stereocenters. The van der Waals surface area contributed by atoms with Crippen molar-refractivity contribution < 1.29 is 19.4 Å². The third-order valence-corrected chi connectivity index (χ3v) is 2.83. The van der Waals surface area contributed by atoms with E-state index in [1.807, 2.05) is 0 Å². The van der Waals surface area contributed by atoms with E-state index in [2.05, 4.69) is 10.3 Å². The summed E-state index contributed by atoms with van der Waals surface area (Å²) in [6.07, 6.45) is 0.919. The van der Waals surface area contributed by atoms with Crippen LogP contribution in [0.15, 0.2) is 42.6 Å². The maximum Gasteiger partial charge on any atom is 0.412 e. The molecule has 0 aliphatic heterocycles. The average Bonchev–Trinajstić information content (AvgIpc) is 2.46. The van der Waals surface area contributed by atoms with Crippen LogP contribution in [0, 0.1) is 0 Å². The third-order valence-electron chi connectivity index (χ3n) is 2.83. The summed E-state index contributed by atoms with van der Waals surface area (Å²) in [6.45, 7) is 5.37. The summed E-state index contributed by atoms with van der Waals surface area (Å²) < 4.78 is 5.17. The van der Waals surface area contributed by atoms with Crippen LogP contribution in [0.1, 0.15) is 31.1 Å². The van der Waals surface area contributed by atoms with E-state index in [1.165, 1.54) is 18.3 Å². The van der Waals surface area contributed by atoms with Gasteiger partial charge < -0.3 is 9.84 Å². The first-order valence-corrected chi connectivity index (χ1v) is 7.04. The van der Waals surface area contributed by atoms with Crippen molar-refractivity contribution in [1.29, 1.82) is 0 Å². The van der Waals surface area contributed by atoms with Crippen LogP contribution in [-0.4, -0.2) is 27.8 Å². The van der Waals surface area contributed by atoms with Gasteiger partial charge in [-0.2, -0.15) is 0 Å². The number of carboxylic acid groups (broad SMARTS) is 1. The monoisotopic (exact) mass is 314 g/mol. The molecule has 0 fully saturated rings. The molecule has 23 heavy (non-hydrogen) atoms. The Morgan fingerprint density at radius 3 is 2.35 bits per heavy atom. The van der Waals surface area contributed by atoms with Crippen molar-refractivity contribution in [2.24, 2.45) is 0 Å². The van der Waals surface area contributed by atoms with Gasteiger partial charge in [0, 0.05) is 17.4 Å². The van der Waals surface area contributed by atoms with Crippen LogP contribution in [0.25, 0.3) is 11.3 Å². The number of anilines is 1. The molecular weight excluding hydrogens is 296 g/mol. The normalized spacial score (nSPS) is 10.9. The number of rotatable bonds is 3. The van der Waals surface area contributed by atoms with Gasteiger partial charge in [0.15, 0.2) is 0 Å². The minimum absolute atomic E-state index is 0.172. The second-order valence-electron chi connectivity index (χ2n) is 5.94. The molecule has 2 aromatic rings. The highest BCUT2D eigenvalue weighted by Crippen LogP contribution is 2.21. The molecule has 1 aromatic carbocycles. The fourth-order valence-electron chi connectivity index (χ4n) is 1.87. The zero-order valence-electron chi connectivity index (χ0n) is 13.2. The van der Waals surface area contributed by atoms with E-state index < -0.39 is 17.7 Å². The highest BCUT2D eigenvalue weighted by atomic mass is 16.6. The number of hydrogen-bond donors (Lipinski definition) is 2. The van der Waals surface area contributed by atoms with Gasteiger partial charge in [-0.3, -0.25) is 10.3 Å². The minimum Gasteiger partial charge on any atom is -0.478 e. The number of carbonyl (C=O) groups is 2. The van der Waals surface area contributed by atoms with Gasteiger partial charge in [0.25, 0.3) is 0 Å². The van der Waals surface area contributed by atoms with Crippen molar-refractivity contribution >= 4 is 17.7 Å². The Labute approximate surface area is 134 Å². The van der Waals surface area contributed by atoms with E-state index in [4.69, 9.17) is 9.84 Å². The number of nitrogens with one attached hydrogen (secondary N) is 1. The lowest BCUT2D eigenvalue weighted by molar-refractivity contribution is 0.0634. The molecule has 120 valence electrons. The van der Waals surface area contributed by atoms with Crippen LogP contribution in [-0.2, 0) is 4.74 Å². The van der Waals surface area contributed by atoms with Gasteiger partial charge in [-0.05, 0) is 45.0 Å². The lowest BCUT2D eigenvalue weighted by Crippen LogP contribution is -2.27. The number of hydrogen-bond acceptors (Lipinski definition) is 4. The number of nitrogens with zero attached hydrogens (tertiary/aromatic N) is 1. The molecule has 0 aliphatic carbocycles. The van der Waals surface area contributed by atoms with Crippen LogP contribution in [0.2, 0.25) is 0 Å². The summed E-state index contributed by atoms with van der Waals surface area (Å²) in [6, 6.07) is 9.84. The Bertz CT molecular complexity index is 718. The Morgan fingerprint density at radius 1 is 1.13 bits per heavy atom. The topological polar surface area (TPSA) is 88.5 Å². The smallest absolute Gasteiger partial charge is 0.412 e. The predicted octanol–water partition coefficient (Wildman–Crippen LogP) is 3.79. The van der Waals surface area contributed by atoms with Gasteiger partial charge in [0.2, 0.25) is 0 Å². The van der Waals surface area contributed by atoms with Gasteiger partial charge >= 0.3 is 12.1 Å². The summed E-state index contributed by atoms with van der Waals surface area (Å²) in [4.78, 5) is 26.8. The number of pyridine rings is 1. The lowest BCUT2D eigenvalue weighted by atomic mass is 10.1. The van der Waals surface area contributed by atoms with E-state index in [9.17, 15) is 9.59 Å². The highest BCUT2D eigenvalue weighted by Gasteiger charge is 2.16. The second kappa shape index (κ2) is 6.48. The third kappa shape index (κ3) is 4.81. The summed E-state index contributed by atoms with van der Waals surface area (Å²) >= 11 is 0. The van der Waals surface area contributed by atoms with Gasteiger partial charge in [0.1, 0.15) is 5.60 Å². The molecular formula is C17H18N2O4. The quantitative estimate of drug-likeness (QED) is 0.899. The molecule has 6 nitrogen and oxygen atoms in total. The fourth-order valence-corrected chi connectivity index (χ4v) is 1.87. The first kappa shape index (κ1) is 16.5. The number of ether oxygens (including phenoxy) is 1. The molecule has 0 unspecified atom stereocenters. The molecule has 2 N–H and O–H groups in total. The molecule has 1 heterocycles. The van der Waals surface area contributed by atoms with Crippen molar-refractivity contribution in [2.75, 3.05) is 5.32 Å². The number of carboxylic acids is 1. The first-order valence-electron chi connectivity index (χ1n) is 7.04. The van der Waals surface area contributed by atoms with E-state index in [1.54, 1.807) is 45.0 Å². The predicted molar refractivity (Wildman–Crippen MR) is 86.5 cm³/mol. The van der Waals surface area contributed by atoms with Crippen molar-refractivity contribution in [3.05, 3.63) is 48.2 Å². The van der Waals surface area contributed by atoms with Gasteiger partial charge in [-0.15, -0.1) is 0 Å². The molecule has 0 radical (unpaired) electrons. The maximum absolute atomic E-state index is 11.7. The van der Waals surface area contributed by atoms with E-state index in [0.29, 0.717) is 11.4 Å². The molecule has 2 rings (SSSR count). The molecule has 1 amide bonds. The largest absolute Gasteiger partial charge is 0.478 e. The minimum atomic E-state index is -1.00. The SMILES string of the molecule is CC(C)(C)OC(=O)Nc1ccc(-c2cc(C(=O)O)ccn2)cc1. The maximum atomic E-state index is 11.7. The Balaban J connectivity index is 2.12. The molecule has 0 aliphatic rings. The van der Waals surface area contributed by atoms with E-state index in [0.717, 1.165) is 5.56 Å². The molecule has 6 heteroatoms. The Morgan fingerprint density at radius 2 is 1.78 bits per heavy atom. The van der Waals surface area contributed by atoms with Gasteiger partial charge in [0.05, 0.1) is 11.3 Å². The second-order valence-corrected chi connectivity index (χ2v) is 5.94. The van der Waals surface area contributed by atoms with Gasteiger partial charge in [-0.25, -0.2) is 9.59 Å². The van der Waals surface area contributed by atoms with E-state index in [-0.39, 0.29) is 5.56 Å². The zero-order chi connectivity index (χ0) is 17.0. The molecule has 0 saturated heterocycles. The van der Waals surface area contributed by atoms with Crippen LogP contribution in [0.4, 0.5) is 10.5 Å². The molecule has 0 spiro atoms. The molecule has 0 bridgehead atoms. The fraction of sp³-hybridized carbons (Fsp3) is 0.235. The molecule has 1 aromatic heterocycles. The van der Waals surface area contributed by atoms with Crippen LogP contribution >= 0.6 is 0 Å². The average molecular weight is 314 g/mol. The van der Waals surface area contributed by atoms with Crippen LogP contribution < -0.4 is 5.32 Å². The summed E-state index contributed by atoms with van der Waals surface area (Å²) in [5, 5.41) is 11.6. The first-order chi connectivity index (χ1) is 10.7. The molecule has 0 saturated carbocycles.